The zero-order chi connectivity index (χ0) is 15.6. The summed E-state index contributed by atoms with van der Waals surface area (Å²) in [7, 11) is 0. The van der Waals surface area contributed by atoms with Gasteiger partial charge in [0.15, 0.2) is 0 Å². The van der Waals surface area contributed by atoms with Gasteiger partial charge >= 0.3 is 5.97 Å². The molecule has 1 aliphatic heterocycles. The van der Waals surface area contributed by atoms with Gasteiger partial charge in [-0.15, -0.1) is 0 Å². The minimum Gasteiger partial charge on any atom is -0.481 e. The second kappa shape index (κ2) is 6.13. The van der Waals surface area contributed by atoms with Gasteiger partial charge in [-0.25, -0.2) is 0 Å². The first-order valence-corrected chi connectivity index (χ1v) is 6.88. The van der Waals surface area contributed by atoms with Gasteiger partial charge in [0.2, 0.25) is 11.8 Å². The quantitative estimate of drug-likeness (QED) is 0.820. The monoisotopic (exact) mass is 310 g/mol. The van der Waals surface area contributed by atoms with Crippen LogP contribution < -0.4 is 10.2 Å². The number of carbonyl (C=O) groups excluding carboxylic acids is 2. The molecule has 2 atom stereocenters. The lowest BCUT2D eigenvalue weighted by Gasteiger charge is -2.18. The first-order chi connectivity index (χ1) is 9.90. The molecule has 2 N–H and O–H groups in total. The second-order valence-corrected chi connectivity index (χ2v) is 5.31. The van der Waals surface area contributed by atoms with Crippen LogP contribution in [0.15, 0.2) is 24.3 Å². The normalized spacial score (nSPS) is 19.4. The molecular formula is C14H15ClN2O4. The van der Waals surface area contributed by atoms with Crippen molar-refractivity contribution in [2.75, 3.05) is 11.4 Å². The van der Waals surface area contributed by atoms with Crippen LogP contribution in [-0.4, -0.2) is 35.5 Å². The predicted molar refractivity (Wildman–Crippen MR) is 77.2 cm³/mol. The number of hydrogen-bond donors (Lipinski definition) is 2. The number of aliphatic carboxylic acids is 1. The van der Waals surface area contributed by atoms with Crippen LogP contribution >= 0.6 is 11.6 Å². The molecule has 1 fully saturated rings. The van der Waals surface area contributed by atoms with E-state index in [4.69, 9.17) is 16.7 Å². The van der Waals surface area contributed by atoms with Crippen molar-refractivity contribution in [2.24, 2.45) is 5.92 Å². The Labute approximate surface area is 126 Å². The zero-order valence-corrected chi connectivity index (χ0v) is 12.1. The maximum absolute atomic E-state index is 12.2. The maximum Gasteiger partial charge on any atom is 0.315 e. The summed E-state index contributed by atoms with van der Waals surface area (Å²) in [4.78, 5) is 36.2. The zero-order valence-electron chi connectivity index (χ0n) is 11.4. The molecule has 0 aliphatic carbocycles. The molecule has 6 nitrogen and oxygen atoms in total. The highest BCUT2D eigenvalue weighted by Gasteiger charge is 2.35. The molecule has 2 rings (SSSR count). The molecule has 0 saturated carbocycles. The summed E-state index contributed by atoms with van der Waals surface area (Å²) in [6.07, 6.45) is 0.444. The molecule has 2 amide bonds. The van der Waals surface area contributed by atoms with E-state index in [9.17, 15) is 14.4 Å². The Morgan fingerprint density at radius 3 is 2.57 bits per heavy atom. The van der Waals surface area contributed by atoms with Crippen LogP contribution in [0.2, 0.25) is 5.02 Å². The number of nitrogens with zero attached hydrogens (tertiary/aromatic N) is 1. The van der Waals surface area contributed by atoms with E-state index in [1.807, 2.05) is 0 Å². The van der Waals surface area contributed by atoms with Crippen LogP contribution in [0, 0.1) is 5.92 Å². The van der Waals surface area contributed by atoms with E-state index < -0.39 is 23.8 Å². The number of carbonyl (C=O) groups is 3. The maximum atomic E-state index is 12.2. The number of amides is 2. The van der Waals surface area contributed by atoms with E-state index in [0.717, 1.165) is 0 Å². The van der Waals surface area contributed by atoms with Gasteiger partial charge in [0.1, 0.15) is 12.0 Å². The molecule has 0 radical (unpaired) electrons. The molecular weight excluding hydrogens is 296 g/mol. The van der Waals surface area contributed by atoms with E-state index in [1.165, 1.54) is 6.92 Å². The molecule has 21 heavy (non-hydrogen) atoms. The van der Waals surface area contributed by atoms with E-state index in [2.05, 4.69) is 5.32 Å². The number of carboxylic acids is 1. The summed E-state index contributed by atoms with van der Waals surface area (Å²) in [5.74, 6) is -3.29. The van der Waals surface area contributed by atoms with Crippen molar-refractivity contribution in [1.29, 1.82) is 0 Å². The molecule has 1 aromatic carbocycles. The van der Waals surface area contributed by atoms with Crippen LogP contribution in [-0.2, 0) is 14.4 Å². The van der Waals surface area contributed by atoms with Crippen LogP contribution in [0.3, 0.4) is 0 Å². The number of anilines is 1. The highest BCUT2D eigenvalue weighted by atomic mass is 35.5. The van der Waals surface area contributed by atoms with Gasteiger partial charge in [-0.3, -0.25) is 14.4 Å². The molecule has 112 valence electrons. The van der Waals surface area contributed by atoms with Crippen molar-refractivity contribution in [2.45, 2.75) is 19.4 Å². The van der Waals surface area contributed by atoms with Gasteiger partial charge in [-0.2, -0.15) is 0 Å². The van der Waals surface area contributed by atoms with Crippen molar-refractivity contribution in [1.82, 2.24) is 5.32 Å². The highest BCUT2D eigenvalue weighted by molar-refractivity contribution is 6.30. The van der Waals surface area contributed by atoms with Gasteiger partial charge in [0.05, 0.1) is 0 Å². The Kier molecular flexibility index (Phi) is 4.47. The number of rotatable bonds is 4. The fourth-order valence-corrected chi connectivity index (χ4v) is 2.23. The lowest BCUT2D eigenvalue weighted by Crippen LogP contribution is -2.45. The lowest BCUT2D eigenvalue weighted by atomic mass is 10.1. The van der Waals surface area contributed by atoms with E-state index in [-0.39, 0.29) is 5.91 Å². The Hall–Kier alpha value is -2.08. The molecule has 1 saturated heterocycles. The molecule has 0 spiro atoms. The predicted octanol–water partition coefficient (Wildman–Crippen LogP) is 1.28. The van der Waals surface area contributed by atoms with Crippen molar-refractivity contribution in [3.63, 3.8) is 0 Å². The average Bonchev–Trinajstić information content (AvgIpc) is 2.80. The number of carboxylic acid groups (broad SMARTS) is 1. The van der Waals surface area contributed by atoms with E-state index in [0.29, 0.717) is 23.7 Å². The average molecular weight is 311 g/mol. The lowest BCUT2D eigenvalue weighted by molar-refractivity contribution is -0.146. The van der Waals surface area contributed by atoms with Gasteiger partial charge in [-0.05, 0) is 37.6 Å². The third-order valence-corrected chi connectivity index (χ3v) is 3.68. The summed E-state index contributed by atoms with van der Waals surface area (Å²) in [5, 5.41) is 11.8. The number of benzene rings is 1. The SMILES string of the molecule is CC(C(=O)O)C(=O)NC1CCN(c2ccc(Cl)cc2)C1=O. The van der Waals surface area contributed by atoms with Crippen LogP contribution in [0.25, 0.3) is 0 Å². The number of nitrogens with one attached hydrogen (secondary N) is 1. The Morgan fingerprint density at radius 1 is 1.38 bits per heavy atom. The smallest absolute Gasteiger partial charge is 0.315 e. The molecule has 1 aliphatic rings. The molecule has 1 heterocycles. The number of hydrogen-bond acceptors (Lipinski definition) is 3. The minimum absolute atomic E-state index is 0.247. The molecule has 1 aromatic rings. The van der Waals surface area contributed by atoms with Gasteiger partial charge in [-0.1, -0.05) is 11.6 Å². The first-order valence-electron chi connectivity index (χ1n) is 6.50. The Morgan fingerprint density at radius 2 is 2.00 bits per heavy atom. The molecule has 0 aromatic heterocycles. The van der Waals surface area contributed by atoms with Crippen molar-refractivity contribution in [3.8, 4) is 0 Å². The molecule has 0 bridgehead atoms. The van der Waals surface area contributed by atoms with Crippen molar-refractivity contribution in [3.05, 3.63) is 29.3 Å². The van der Waals surface area contributed by atoms with E-state index >= 15 is 0 Å². The van der Waals surface area contributed by atoms with Crippen LogP contribution in [0.4, 0.5) is 5.69 Å². The number of halogens is 1. The van der Waals surface area contributed by atoms with Crippen molar-refractivity contribution < 1.29 is 19.5 Å². The largest absolute Gasteiger partial charge is 0.481 e. The van der Waals surface area contributed by atoms with Crippen molar-refractivity contribution >= 4 is 35.1 Å². The van der Waals surface area contributed by atoms with Gasteiger partial charge < -0.3 is 15.3 Å². The summed E-state index contributed by atoms with van der Waals surface area (Å²) < 4.78 is 0. The third-order valence-electron chi connectivity index (χ3n) is 3.42. The summed E-state index contributed by atoms with van der Waals surface area (Å²) in [5.41, 5.74) is 0.701. The summed E-state index contributed by atoms with van der Waals surface area (Å²) in [6.45, 7) is 1.75. The highest BCUT2D eigenvalue weighted by Crippen LogP contribution is 2.23. The fraction of sp³-hybridized carbons (Fsp3) is 0.357. The summed E-state index contributed by atoms with van der Waals surface area (Å²) >= 11 is 5.80. The van der Waals surface area contributed by atoms with Gasteiger partial charge in [0.25, 0.3) is 0 Å². The third kappa shape index (κ3) is 3.33. The van der Waals surface area contributed by atoms with Gasteiger partial charge in [0, 0.05) is 17.3 Å². The van der Waals surface area contributed by atoms with E-state index in [1.54, 1.807) is 29.2 Å². The molecule has 2 unspecified atom stereocenters. The van der Waals surface area contributed by atoms with Crippen LogP contribution in [0.1, 0.15) is 13.3 Å². The Balaban J connectivity index is 2.03. The fourth-order valence-electron chi connectivity index (χ4n) is 2.10. The Bertz CT molecular complexity index is 573. The minimum atomic E-state index is -1.22. The molecule has 7 heteroatoms. The standard InChI is InChI=1S/C14H15ClN2O4/c1-8(14(20)21)12(18)16-11-6-7-17(13(11)19)10-4-2-9(15)3-5-10/h2-5,8,11H,6-7H2,1H3,(H,16,18)(H,20,21). The second-order valence-electron chi connectivity index (χ2n) is 4.88. The topological polar surface area (TPSA) is 86.7 Å². The summed E-state index contributed by atoms with van der Waals surface area (Å²) in [6, 6.07) is 6.13. The first kappa shape index (κ1) is 15.3. The van der Waals surface area contributed by atoms with Crippen LogP contribution in [0.5, 0.6) is 0 Å².